The van der Waals surface area contributed by atoms with Gasteiger partial charge in [-0.15, -0.1) is 0 Å². The SMILES string of the molecule is CCC1CCCC(C(O)c2cn[nH]c2)C1. The second kappa shape index (κ2) is 4.79. The normalized spacial score (nSPS) is 28.9. The van der Waals surface area contributed by atoms with Gasteiger partial charge in [-0.1, -0.05) is 26.2 Å². The minimum atomic E-state index is -0.321. The summed E-state index contributed by atoms with van der Waals surface area (Å²) in [5.41, 5.74) is 0.941. The zero-order valence-corrected chi connectivity index (χ0v) is 9.32. The number of hydrogen-bond acceptors (Lipinski definition) is 2. The van der Waals surface area contributed by atoms with Gasteiger partial charge in [0.15, 0.2) is 0 Å². The third-order valence-corrected chi connectivity index (χ3v) is 3.71. The Morgan fingerprint density at radius 3 is 3.13 bits per heavy atom. The molecule has 0 aromatic carbocycles. The van der Waals surface area contributed by atoms with Crippen molar-refractivity contribution in [2.45, 2.75) is 45.1 Å². The zero-order chi connectivity index (χ0) is 10.7. The van der Waals surface area contributed by atoms with Crippen molar-refractivity contribution in [3.8, 4) is 0 Å². The number of aromatic nitrogens is 2. The van der Waals surface area contributed by atoms with E-state index >= 15 is 0 Å². The molecule has 0 bridgehead atoms. The monoisotopic (exact) mass is 208 g/mol. The van der Waals surface area contributed by atoms with Crippen molar-refractivity contribution in [1.82, 2.24) is 10.2 Å². The molecule has 3 heteroatoms. The van der Waals surface area contributed by atoms with Crippen LogP contribution >= 0.6 is 0 Å². The number of rotatable bonds is 3. The van der Waals surface area contributed by atoms with Crippen LogP contribution in [-0.2, 0) is 0 Å². The van der Waals surface area contributed by atoms with Gasteiger partial charge in [0.05, 0.1) is 12.3 Å². The van der Waals surface area contributed by atoms with E-state index in [1.165, 1.54) is 25.7 Å². The van der Waals surface area contributed by atoms with Gasteiger partial charge in [0, 0.05) is 11.8 Å². The lowest BCUT2D eigenvalue weighted by Crippen LogP contribution is -2.21. The Bertz CT molecular complexity index is 284. The number of hydrogen-bond donors (Lipinski definition) is 2. The highest BCUT2D eigenvalue weighted by Gasteiger charge is 2.27. The molecular weight excluding hydrogens is 188 g/mol. The van der Waals surface area contributed by atoms with Gasteiger partial charge in [0.2, 0.25) is 0 Å². The molecule has 84 valence electrons. The topological polar surface area (TPSA) is 48.9 Å². The van der Waals surface area contributed by atoms with Crippen LogP contribution in [0.1, 0.15) is 50.7 Å². The molecule has 3 atom stereocenters. The molecule has 1 saturated carbocycles. The highest BCUT2D eigenvalue weighted by atomic mass is 16.3. The molecule has 1 aliphatic carbocycles. The zero-order valence-electron chi connectivity index (χ0n) is 9.32. The Morgan fingerprint density at radius 1 is 1.60 bits per heavy atom. The largest absolute Gasteiger partial charge is 0.388 e. The molecule has 0 radical (unpaired) electrons. The lowest BCUT2D eigenvalue weighted by atomic mass is 9.76. The standard InChI is InChI=1S/C12H20N2O/c1-2-9-4-3-5-10(6-9)12(15)11-7-13-14-8-11/h7-10,12,15H,2-6H2,1H3,(H,13,14). The van der Waals surface area contributed by atoms with Gasteiger partial charge in [-0.3, -0.25) is 5.10 Å². The fourth-order valence-electron chi connectivity index (χ4n) is 2.68. The first kappa shape index (κ1) is 10.7. The minimum Gasteiger partial charge on any atom is -0.388 e. The summed E-state index contributed by atoms with van der Waals surface area (Å²) in [5, 5.41) is 16.8. The maximum absolute atomic E-state index is 10.2. The molecule has 1 aliphatic rings. The van der Waals surface area contributed by atoms with Crippen LogP contribution in [0.4, 0.5) is 0 Å². The number of aliphatic hydroxyl groups excluding tert-OH is 1. The van der Waals surface area contributed by atoms with E-state index in [1.807, 2.05) is 0 Å². The summed E-state index contributed by atoms with van der Waals surface area (Å²) in [6.07, 6.45) is 9.39. The Morgan fingerprint density at radius 2 is 2.47 bits per heavy atom. The van der Waals surface area contributed by atoms with E-state index in [-0.39, 0.29) is 6.10 Å². The van der Waals surface area contributed by atoms with Gasteiger partial charge in [-0.05, 0) is 24.7 Å². The molecule has 1 aromatic rings. The minimum absolute atomic E-state index is 0.321. The molecule has 1 fully saturated rings. The van der Waals surface area contributed by atoms with Crippen LogP contribution in [-0.4, -0.2) is 15.3 Å². The number of nitrogens with zero attached hydrogens (tertiary/aromatic N) is 1. The molecule has 0 saturated heterocycles. The smallest absolute Gasteiger partial charge is 0.0848 e. The van der Waals surface area contributed by atoms with Crippen LogP contribution in [0.3, 0.4) is 0 Å². The molecule has 2 N–H and O–H groups in total. The highest BCUT2D eigenvalue weighted by molar-refractivity contribution is 5.08. The van der Waals surface area contributed by atoms with Crippen molar-refractivity contribution in [1.29, 1.82) is 0 Å². The Hall–Kier alpha value is -0.830. The Balaban J connectivity index is 1.98. The van der Waals surface area contributed by atoms with Gasteiger partial charge in [0.25, 0.3) is 0 Å². The summed E-state index contributed by atoms with van der Waals surface area (Å²) in [5.74, 6) is 1.24. The lowest BCUT2D eigenvalue weighted by molar-refractivity contribution is 0.0678. The molecule has 0 aliphatic heterocycles. The molecule has 0 spiro atoms. The lowest BCUT2D eigenvalue weighted by Gasteiger charge is -2.31. The van der Waals surface area contributed by atoms with E-state index in [0.717, 1.165) is 17.9 Å². The number of H-pyrrole nitrogens is 1. The summed E-state index contributed by atoms with van der Waals surface area (Å²) in [4.78, 5) is 0. The predicted octanol–water partition coefficient (Wildman–Crippen LogP) is 2.66. The fourth-order valence-corrected chi connectivity index (χ4v) is 2.68. The van der Waals surface area contributed by atoms with Gasteiger partial charge >= 0.3 is 0 Å². The summed E-state index contributed by atoms with van der Waals surface area (Å²) < 4.78 is 0. The van der Waals surface area contributed by atoms with Crippen LogP contribution in [0, 0.1) is 11.8 Å². The van der Waals surface area contributed by atoms with Gasteiger partial charge in [-0.2, -0.15) is 5.10 Å². The predicted molar refractivity (Wildman–Crippen MR) is 59.3 cm³/mol. The second-order valence-electron chi connectivity index (χ2n) is 4.68. The average molecular weight is 208 g/mol. The highest BCUT2D eigenvalue weighted by Crippen LogP contribution is 2.37. The molecule has 3 nitrogen and oxygen atoms in total. The number of nitrogens with one attached hydrogen (secondary N) is 1. The van der Waals surface area contributed by atoms with E-state index in [4.69, 9.17) is 0 Å². The average Bonchev–Trinajstić information content (AvgIpc) is 2.81. The van der Waals surface area contributed by atoms with Crippen molar-refractivity contribution >= 4 is 0 Å². The van der Waals surface area contributed by atoms with Crippen molar-refractivity contribution in [2.24, 2.45) is 11.8 Å². The molecule has 3 unspecified atom stereocenters. The molecule has 1 aromatic heterocycles. The van der Waals surface area contributed by atoms with Crippen molar-refractivity contribution < 1.29 is 5.11 Å². The number of aliphatic hydroxyl groups is 1. The molecule has 1 heterocycles. The Labute approximate surface area is 90.9 Å². The first-order valence-corrected chi connectivity index (χ1v) is 5.98. The van der Waals surface area contributed by atoms with Crippen molar-refractivity contribution in [2.75, 3.05) is 0 Å². The Kier molecular flexibility index (Phi) is 3.41. The fraction of sp³-hybridized carbons (Fsp3) is 0.750. The second-order valence-corrected chi connectivity index (χ2v) is 4.68. The summed E-state index contributed by atoms with van der Waals surface area (Å²) in [6, 6.07) is 0. The van der Waals surface area contributed by atoms with Crippen LogP contribution in [0.2, 0.25) is 0 Å². The summed E-state index contributed by atoms with van der Waals surface area (Å²) in [7, 11) is 0. The molecular formula is C12H20N2O. The van der Waals surface area contributed by atoms with Crippen LogP contribution < -0.4 is 0 Å². The van der Waals surface area contributed by atoms with Gasteiger partial charge in [0.1, 0.15) is 0 Å². The van der Waals surface area contributed by atoms with E-state index in [2.05, 4.69) is 17.1 Å². The van der Waals surface area contributed by atoms with E-state index in [1.54, 1.807) is 12.4 Å². The van der Waals surface area contributed by atoms with Crippen LogP contribution in [0.25, 0.3) is 0 Å². The van der Waals surface area contributed by atoms with Gasteiger partial charge < -0.3 is 5.11 Å². The van der Waals surface area contributed by atoms with E-state index < -0.39 is 0 Å². The maximum atomic E-state index is 10.2. The van der Waals surface area contributed by atoms with Crippen LogP contribution in [0.5, 0.6) is 0 Å². The third-order valence-electron chi connectivity index (χ3n) is 3.71. The van der Waals surface area contributed by atoms with Crippen LogP contribution in [0.15, 0.2) is 12.4 Å². The maximum Gasteiger partial charge on any atom is 0.0848 e. The van der Waals surface area contributed by atoms with Crippen molar-refractivity contribution in [3.05, 3.63) is 18.0 Å². The summed E-state index contributed by atoms with van der Waals surface area (Å²) >= 11 is 0. The molecule has 0 amide bonds. The van der Waals surface area contributed by atoms with E-state index in [0.29, 0.717) is 5.92 Å². The third kappa shape index (κ3) is 2.40. The quantitative estimate of drug-likeness (QED) is 0.802. The summed E-state index contributed by atoms with van der Waals surface area (Å²) in [6.45, 7) is 2.25. The number of aromatic amines is 1. The molecule has 2 rings (SSSR count). The molecule has 15 heavy (non-hydrogen) atoms. The first-order valence-electron chi connectivity index (χ1n) is 5.98. The van der Waals surface area contributed by atoms with Crippen molar-refractivity contribution in [3.63, 3.8) is 0 Å². The van der Waals surface area contributed by atoms with E-state index in [9.17, 15) is 5.11 Å². The first-order chi connectivity index (χ1) is 7.31. The van der Waals surface area contributed by atoms with Gasteiger partial charge in [-0.25, -0.2) is 0 Å².